The van der Waals surface area contributed by atoms with E-state index in [4.69, 9.17) is 31.0 Å². The van der Waals surface area contributed by atoms with E-state index in [9.17, 15) is 33.2 Å². The fourth-order valence-corrected chi connectivity index (χ4v) is 10.9. The predicted molar refractivity (Wildman–Crippen MR) is 302 cm³/mol. The number of hydrogen-bond donors (Lipinski definition) is 1. The van der Waals surface area contributed by atoms with Gasteiger partial charge >= 0.3 is 0 Å². The topological polar surface area (TPSA) is 175 Å². The minimum Gasteiger partial charge on any atom is -0.483 e. The average Bonchev–Trinajstić information content (AvgIpc) is 3.61. The summed E-state index contributed by atoms with van der Waals surface area (Å²) < 4.78 is 29.7. The molecule has 0 radical (unpaired) electrons. The van der Waals surface area contributed by atoms with Crippen molar-refractivity contribution in [3.63, 3.8) is 0 Å². The van der Waals surface area contributed by atoms with Crippen molar-refractivity contribution in [3.8, 4) is 17.1 Å². The van der Waals surface area contributed by atoms with E-state index in [0.717, 1.165) is 34.9 Å². The number of para-hydroxylation sites is 1. The Morgan fingerprint density at radius 2 is 1.27 bits per heavy atom. The van der Waals surface area contributed by atoms with Gasteiger partial charge in [-0.2, -0.15) is 0 Å². The molecule has 5 aromatic carbocycles. The first-order chi connectivity index (χ1) is 37.8. The molecule has 2 unspecified atom stereocenters. The minimum atomic E-state index is -0.538. The van der Waals surface area contributed by atoms with Crippen molar-refractivity contribution < 1.29 is 33.0 Å². The molecule has 1 aliphatic carbocycles. The van der Waals surface area contributed by atoms with Gasteiger partial charge in [-0.25, -0.2) is 14.4 Å². The molecule has 1 N–H and O–H groups in total. The number of nitrogens with one attached hydrogen (secondary N) is 1. The molecule has 15 nitrogen and oxygen atoms in total. The van der Waals surface area contributed by atoms with Gasteiger partial charge in [0.1, 0.15) is 12.4 Å². The molecule has 3 aliphatic rings. The summed E-state index contributed by atoms with van der Waals surface area (Å²) in [6.07, 6.45) is 3.46. The number of hydrogen-bond acceptors (Lipinski definition) is 10. The van der Waals surface area contributed by atoms with E-state index in [-0.39, 0.29) is 83.4 Å². The van der Waals surface area contributed by atoms with Crippen LogP contribution in [-0.2, 0) is 42.7 Å². The molecular formula is C61H60BrClFN7O8. The maximum Gasteiger partial charge on any atom is 0.261 e. The van der Waals surface area contributed by atoms with Crippen LogP contribution in [0.1, 0.15) is 127 Å². The number of methoxy groups -OCH3 is 1. The third-order valence-corrected chi connectivity index (χ3v) is 16.5. The monoisotopic (exact) mass is 1150 g/mol. The summed E-state index contributed by atoms with van der Waals surface area (Å²) in [5.41, 5.74) is 6.52. The highest BCUT2D eigenvalue weighted by Gasteiger charge is 2.44. The second-order valence-electron chi connectivity index (χ2n) is 20.5. The fourth-order valence-electron chi connectivity index (χ4n) is 10.5. The standard InChI is InChI=1S/C31H27ClFN3O4.C30H33BrN4O4/c1-18-14-22(10-13-25(18)32)30(38)35-16-27-24(15-19(35)2)31(39)36(23-11-8-21(9-12-23)20(3)37)29(34-27)17-40-28-7-5-4-6-26(28)33;1-18-14-21(8-11-24(18)31)27(37)34-16-25-23(15-19(34)2)28(38)35(22-9-6-20(7-10-22)26(36)32-3)29(33-25)30(17-39-4)12-5-13-30/h4-14,19H,15-17H2,1-3H3;6-11,14,19H,5,12-13,15-17H2,1-4H3,(H,32,36). The number of aromatic nitrogens is 4. The molecule has 10 rings (SSSR count). The number of amides is 3. The maximum absolute atomic E-state index is 14.3. The number of Topliss-reactive ketones (excluding diaryl/α,β-unsaturated/α-hetero) is 1. The van der Waals surface area contributed by atoms with Gasteiger partial charge in [-0.15, -0.1) is 0 Å². The van der Waals surface area contributed by atoms with Gasteiger partial charge in [-0.3, -0.25) is 37.9 Å². The third-order valence-electron chi connectivity index (χ3n) is 15.2. The van der Waals surface area contributed by atoms with Crippen molar-refractivity contribution in [1.29, 1.82) is 0 Å². The number of ketones is 1. The zero-order valence-corrected chi connectivity index (χ0v) is 47.3. The lowest BCUT2D eigenvalue weighted by Crippen LogP contribution is -2.49. The van der Waals surface area contributed by atoms with Crippen LogP contribution in [0.4, 0.5) is 4.39 Å². The quantitative estimate of drug-likeness (QED) is 0.116. The Morgan fingerprint density at radius 1 is 0.734 bits per heavy atom. The molecular weight excluding hydrogens is 1090 g/mol. The van der Waals surface area contributed by atoms with Gasteiger partial charge in [-0.1, -0.05) is 46.1 Å². The highest BCUT2D eigenvalue weighted by molar-refractivity contribution is 9.10. The lowest BCUT2D eigenvalue weighted by atomic mass is 9.68. The van der Waals surface area contributed by atoms with Gasteiger partial charge in [0.2, 0.25) is 0 Å². The predicted octanol–water partition coefficient (Wildman–Crippen LogP) is 10.0. The van der Waals surface area contributed by atoms with Crippen LogP contribution in [0.2, 0.25) is 5.02 Å². The molecule has 1 fully saturated rings. The number of aryl methyl sites for hydroxylation is 2. The van der Waals surface area contributed by atoms with Crippen molar-refractivity contribution in [2.75, 3.05) is 20.8 Å². The second kappa shape index (κ2) is 23.4. The van der Waals surface area contributed by atoms with Gasteiger partial charge in [-0.05, 0) is 168 Å². The van der Waals surface area contributed by atoms with Gasteiger partial charge in [0.15, 0.2) is 23.2 Å². The Balaban J connectivity index is 0.000000192. The first kappa shape index (κ1) is 56.1. The molecule has 0 saturated heterocycles. The first-order valence-electron chi connectivity index (χ1n) is 26.1. The molecule has 4 heterocycles. The number of benzene rings is 5. The lowest BCUT2D eigenvalue weighted by molar-refractivity contribution is 0.0632. The molecule has 2 atom stereocenters. The number of ether oxygens (including phenoxy) is 2. The van der Waals surface area contributed by atoms with Crippen LogP contribution in [-0.4, -0.2) is 85.3 Å². The zero-order chi connectivity index (χ0) is 56.4. The van der Waals surface area contributed by atoms with E-state index in [1.165, 1.54) is 23.6 Å². The van der Waals surface area contributed by atoms with Crippen molar-refractivity contribution in [3.05, 3.63) is 213 Å². The number of rotatable bonds is 12. The summed E-state index contributed by atoms with van der Waals surface area (Å²) in [4.78, 5) is 92.4. The Bertz CT molecular complexity index is 3660. The Morgan fingerprint density at radius 3 is 1.80 bits per heavy atom. The zero-order valence-electron chi connectivity index (χ0n) is 45.0. The molecule has 408 valence electrons. The highest BCUT2D eigenvalue weighted by atomic mass is 79.9. The van der Waals surface area contributed by atoms with Crippen LogP contribution in [0.5, 0.6) is 5.75 Å². The summed E-state index contributed by atoms with van der Waals surface area (Å²) >= 11 is 9.66. The number of halogens is 3. The average molecular weight is 1150 g/mol. The van der Waals surface area contributed by atoms with Crippen LogP contribution in [0.15, 0.2) is 123 Å². The van der Waals surface area contributed by atoms with E-state index in [2.05, 4.69) is 21.2 Å². The van der Waals surface area contributed by atoms with Crippen molar-refractivity contribution in [1.82, 2.24) is 34.2 Å². The second-order valence-corrected chi connectivity index (χ2v) is 21.8. The molecule has 1 saturated carbocycles. The van der Waals surface area contributed by atoms with Crippen molar-refractivity contribution in [2.45, 2.75) is 104 Å². The van der Waals surface area contributed by atoms with E-state index in [1.54, 1.807) is 102 Å². The summed E-state index contributed by atoms with van der Waals surface area (Å²) in [6.45, 7) is 9.78. The van der Waals surface area contributed by atoms with Gasteiger partial charge in [0, 0.05) is 69.1 Å². The van der Waals surface area contributed by atoms with Crippen molar-refractivity contribution in [2.24, 2.45) is 0 Å². The number of nitrogens with zero attached hydrogens (tertiary/aromatic N) is 6. The number of carbonyl (C=O) groups excluding carboxylic acids is 4. The normalized spacial score (nSPS) is 16.1. The number of fused-ring (bicyclic) bond motifs is 2. The van der Waals surface area contributed by atoms with Gasteiger partial charge in [0.05, 0.1) is 47.9 Å². The molecule has 0 spiro atoms. The third kappa shape index (κ3) is 11.3. The van der Waals surface area contributed by atoms with E-state index >= 15 is 0 Å². The Kier molecular flexibility index (Phi) is 16.6. The SMILES string of the molecule is CC(=O)c1ccc(-n2c(COc3ccccc3F)nc3c(c2=O)CC(C)N(C(=O)c2ccc(Cl)c(C)c2)C3)cc1.CNC(=O)c1ccc(-n2c(C3(COC)CCC3)nc3c(c2=O)CC(C)N(C(=O)c2ccc(Br)c(C)c2)C3)cc1. The van der Waals surface area contributed by atoms with E-state index < -0.39 is 5.82 Å². The van der Waals surface area contributed by atoms with Crippen LogP contribution in [0.3, 0.4) is 0 Å². The van der Waals surface area contributed by atoms with E-state index in [1.807, 2.05) is 50.8 Å². The van der Waals surface area contributed by atoms with Crippen molar-refractivity contribution >= 4 is 51.0 Å². The molecule has 2 aliphatic heterocycles. The van der Waals surface area contributed by atoms with Crippen LogP contribution in [0, 0.1) is 19.7 Å². The molecule has 2 aromatic heterocycles. The number of carbonyl (C=O) groups is 4. The minimum absolute atomic E-state index is 0.0245. The smallest absolute Gasteiger partial charge is 0.261 e. The van der Waals surface area contributed by atoms with Gasteiger partial charge in [0.25, 0.3) is 28.8 Å². The van der Waals surface area contributed by atoms with Crippen LogP contribution in [0.25, 0.3) is 11.4 Å². The first-order valence-corrected chi connectivity index (χ1v) is 27.2. The Labute approximate surface area is 470 Å². The molecule has 79 heavy (non-hydrogen) atoms. The molecule has 18 heteroatoms. The summed E-state index contributed by atoms with van der Waals surface area (Å²) in [5.74, 6) is -0.155. The summed E-state index contributed by atoms with van der Waals surface area (Å²) in [6, 6.07) is 29.9. The summed E-state index contributed by atoms with van der Waals surface area (Å²) in [5, 5.41) is 3.20. The highest BCUT2D eigenvalue weighted by Crippen LogP contribution is 2.44. The molecule has 3 amide bonds. The molecule has 7 aromatic rings. The maximum atomic E-state index is 14.3. The molecule has 0 bridgehead atoms. The van der Waals surface area contributed by atoms with Crippen LogP contribution < -0.4 is 21.2 Å². The van der Waals surface area contributed by atoms with E-state index in [0.29, 0.717) is 86.4 Å². The largest absolute Gasteiger partial charge is 0.483 e. The van der Waals surface area contributed by atoms with Gasteiger partial charge < -0.3 is 24.6 Å². The fraction of sp³-hybridized carbons (Fsp3) is 0.311. The van der Waals surface area contributed by atoms with Crippen LogP contribution >= 0.6 is 27.5 Å². The Hall–Kier alpha value is -7.60. The lowest BCUT2D eigenvalue weighted by Gasteiger charge is -2.43. The summed E-state index contributed by atoms with van der Waals surface area (Å²) in [7, 11) is 3.26.